The minimum Gasteiger partial charge on any atom is -0.478 e. The lowest BCUT2D eigenvalue weighted by Crippen LogP contribution is -2.37. The Bertz CT molecular complexity index is 658. The Morgan fingerprint density at radius 2 is 1.92 bits per heavy atom. The lowest BCUT2D eigenvalue weighted by molar-refractivity contribution is 0.305. The molecule has 2 N–H and O–H groups in total. The molecular weight excluding hydrogens is 338 g/mol. The molecule has 0 saturated carbocycles. The number of halogens is 1. The molecular formula is C18H24ClN5O. The summed E-state index contributed by atoms with van der Waals surface area (Å²) in [5.41, 5.74) is 2.19. The summed E-state index contributed by atoms with van der Waals surface area (Å²) in [6, 6.07) is 7.65. The predicted octanol–water partition coefficient (Wildman–Crippen LogP) is 2.83. The van der Waals surface area contributed by atoms with Crippen LogP contribution in [-0.2, 0) is 13.0 Å². The van der Waals surface area contributed by atoms with Crippen LogP contribution < -0.4 is 15.4 Å². The van der Waals surface area contributed by atoms with Crippen LogP contribution in [0.25, 0.3) is 0 Å². The third-order valence-corrected chi connectivity index (χ3v) is 3.65. The number of nitrogens with zero attached hydrogens (tertiary/aromatic N) is 3. The monoisotopic (exact) mass is 361 g/mol. The van der Waals surface area contributed by atoms with Gasteiger partial charge in [-0.15, -0.1) is 0 Å². The topological polar surface area (TPSA) is 71.4 Å². The van der Waals surface area contributed by atoms with Crippen molar-refractivity contribution in [3.63, 3.8) is 0 Å². The van der Waals surface area contributed by atoms with Gasteiger partial charge in [-0.3, -0.25) is 4.99 Å². The maximum absolute atomic E-state index is 5.78. The molecule has 0 fully saturated rings. The van der Waals surface area contributed by atoms with Crippen molar-refractivity contribution in [1.82, 2.24) is 20.6 Å². The van der Waals surface area contributed by atoms with E-state index in [2.05, 4.69) is 32.5 Å². The fourth-order valence-electron chi connectivity index (χ4n) is 2.09. The number of nitrogens with one attached hydrogen (secondary N) is 2. The predicted molar refractivity (Wildman–Crippen MR) is 101 cm³/mol. The molecule has 2 aromatic heterocycles. The average Bonchev–Trinajstić information content (AvgIpc) is 2.65. The summed E-state index contributed by atoms with van der Waals surface area (Å²) in [5, 5.41) is 7.05. The molecule has 0 saturated heterocycles. The second-order valence-corrected chi connectivity index (χ2v) is 5.83. The Balaban J connectivity index is 1.73. The quantitative estimate of drug-likeness (QED) is 0.430. The van der Waals surface area contributed by atoms with Gasteiger partial charge in [-0.05, 0) is 30.0 Å². The molecule has 25 heavy (non-hydrogen) atoms. The van der Waals surface area contributed by atoms with E-state index in [0.29, 0.717) is 24.2 Å². The highest BCUT2D eigenvalue weighted by Crippen LogP contribution is 2.08. The zero-order chi connectivity index (χ0) is 17.9. The molecule has 0 atom stereocenters. The fourth-order valence-corrected chi connectivity index (χ4v) is 2.21. The summed E-state index contributed by atoms with van der Waals surface area (Å²) < 4.78 is 5.48. The minimum absolute atomic E-state index is 0.508. The third-order valence-electron chi connectivity index (χ3n) is 3.43. The second-order valence-electron chi connectivity index (χ2n) is 5.44. The van der Waals surface area contributed by atoms with Crippen LogP contribution in [0, 0.1) is 0 Å². The Morgan fingerprint density at radius 1 is 1.12 bits per heavy atom. The smallest absolute Gasteiger partial charge is 0.213 e. The molecule has 6 nitrogen and oxygen atoms in total. The van der Waals surface area contributed by atoms with Crippen LogP contribution in [0.2, 0.25) is 5.15 Å². The van der Waals surface area contributed by atoms with Gasteiger partial charge in [0.05, 0.1) is 6.61 Å². The molecule has 0 aliphatic carbocycles. The number of hydrogen-bond donors (Lipinski definition) is 2. The van der Waals surface area contributed by atoms with E-state index in [-0.39, 0.29) is 0 Å². The summed E-state index contributed by atoms with van der Waals surface area (Å²) in [6.07, 6.45) is 5.41. The average molecular weight is 362 g/mol. The van der Waals surface area contributed by atoms with E-state index >= 15 is 0 Å². The van der Waals surface area contributed by atoms with Crippen LogP contribution in [0.1, 0.15) is 24.5 Å². The van der Waals surface area contributed by atoms with Crippen molar-refractivity contribution < 1.29 is 4.74 Å². The van der Waals surface area contributed by atoms with Crippen LogP contribution in [0.5, 0.6) is 5.88 Å². The number of hydrogen-bond acceptors (Lipinski definition) is 4. The molecule has 7 heteroatoms. The first kappa shape index (κ1) is 19.0. The highest BCUT2D eigenvalue weighted by atomic mass is 35.5. The molecule has 0 aromatic carbocycles. The summed E-state index contributed by atoms with van der Waals surface area (Å²) >= 11 is 5.78. The molecule has 0 amide bonds. The van der Waals surface area contributed by atoms with Crippen LogP contribution >= 0.6 is 11.6 Å². The van der Waals surface area contributed by atoms with E-state index in [4.69, 9.17) is 16.3 Å². The SMILES string of the molecule is CCCOc1ccc(CNC(=NC)NCCc2ccc(Cl)nc2)cn1. The van der Waals surface area contributed by atoms with Crippen LogP contribution in [0.3, 0.4) is 0 Å². The molecule has 134 valence electrons. The first-order valence-electron chi connectivity index (χ1n) is 8.34. The summed E-state index contributed by atoms with van der Waals surface area (Å²) in [6.45, 7) is 4.15. The number of ether oxygens (including phenoxy) is 1. The molecule has 0 unspecified atom stereocenters. The highest BCUT2D eigenvalue weighted by molar-refractivity contribution is 6.29. The second kappa shape index (κ2) is 10.5. The first-order chi connectivity index (χ1) is 12.2. The Kier molecular flexibility index (Phi) is 7.98. The van der Waals surface area contributed by atoms with E-state index in [9.17, 15) is 0 Å². The minimum atomic E-state index is 0.508. The van der Waals surface area contributed by atoms with Gasteiger partial charge in [-0.1, -0.05) is 30.7 Å². The third kappa shape index (κ3) is 6.97. The Morgan fingerprint density at radius 3 is 2.56 bits per heavy atom. The normalized spacial score (nSPS) is 11.2. The van der Waals surface area contributed by atoms with Crippen molar-refractivity contribution in [2.45, 2.75) is 26.3 Å². The number of guanidine groups is 1. The van der Waals surface area contributed by atoms with E-state index < -0.39 is 0 Å². The van der Waals surface area contributed by atoms with Gasteiger partial charge < -0.3 is 15.4 Å². The molecule has 2 heterocycles. The maximum Gasteiger partial charge on any atom is 0.213 e. The van der Waals surface area contributed by atoms with Crippen LogP contribution in [0.15, 0.2) is 41.7 Å². The summed E-state index contributed by atoms with van der Waals surface area (Å²) in [5.74, 6) is 1.40. The van der Waals surface area contributed by atoms with Crippen molar-refractivity contribution in [1.29, 1.82) is 0 Å². The van der Waals surface area contributed by atoms with Gasteiger partial charge in [0.15, 0.2) is 5.96 Å². The summed E-state index contributed by atoms with van der Waals surface area (Å²) in [7, 11) is 1.75. The van der Waals surface area contributed by atoms with Crippen molar-refractivity contribution in [3.8, 4) is 5.88 Å². The van der Waals surface area contributed by atoms with E-state index in [1.165, 1.54) is 0 Å². The van der Waals surface area contributed by atoms with Crippen LogP contribution in [-0.4, -0.2) is 36.1 Å². The largest absolute Gasteiger partial charge is 0.478 e. The fraction of sp³-hybridized carbons (Fsp3) is 0.389. The molecule has 0 bridgehead atoms. The van der Waals surface area contributed by atoms with Gasteiger partial charge in [0.2, 0.25) is 5.88 Å². The molecule has 2 rings (SSSR count). The van der Waals surface area contributed by atoms with Gasteiger partial charge in [0.25, 0.3) is 0 Å². The number of aromatic nitrogens is 2. The van der Waals surface area contributed by atoms with E-state index in [1.807, 2.05) is 24.4 Å². The number of pyridine rings is 2. The van der Waals surface area contributed by atoms with Gasteiger partial charge in [0.1, 0.15) is 5.15 Å². The zero-order valence-electron chi connectivity index (χ0n) is 14.6. The van der Waals surface area contributed by atoms with Crippen molar-refractivity contribution in [2.75, 3.05) is 20.2 Å². The maximum atomic E-state index is 5.78. The Labute approximate surface area is 153 Å². The van der Waals surface area contributed by atoms with Gasteiger partial charge in [0, 0.05) is 38.6 Å². The number of rotatable bonds is 8. The lowest BCUT2D eigenvalue weighted by atomic mass is 10.2. The van der Waals surface area contributed by atoms with Crippen molar-refractivity contribution >= 4 is 17.6 Å². The number of aliphatic imine (C=N–C) groups is 1. The molecule has 2 aromatic rings. The Hall–Kier alpha value is -2.34. The highest BCUT2D eigenvalue weighted by Gasteiger charge is 2.01. The first-order valence-corrected chi connectivity index (χ1v) is 8.71. The van der Waals surface area contributed by atoms with Crippen molar-refractivity contribution in [3.05, 3.63) is 52.9 Å². The van der Waals surface area contributed by atoms with Crippen molar-refractivity contribution in [2.24, 2.45) is 4.99 Å². The van der Waals surface area contributed by atoms with Gasteiger partial charge >= 0.3 is 0 Å². The van der Waals surface area contributed by atoms with E-state index in [0.717, 1.165) is 36.5 Å². The van der Waals surface area contributed by atoms with Gasteiger partial charge in [-0.25, -0.2) is 9.97 Å². The summed E-state index contributed by atoms with van der Waals surface area (Å²) in [4.78, 5) is 12.6. The molecule has 0 radical (unpaired) electrons. The lowest BCUT2D eigenvalue weighted by Gasteiger charge is -2.12. The molecule has 0 spiro atoms. The standard InChI is InChI=1S/C18H24ClN5O/c1-3-10-25-17-7-5-15(12-23-17)13-24-18(20-2)21-9-8-14-4-6-16(19)22-11-14/h4-7,11-12H,3,8-10,13H2,1-2H3,(H2,20,21,24). The zero-order valence-corrected chi connectivity index (χ0v) is 15.4. The molecule has 0 aliphatic heterocycles. The van der Waals surface area contributed by atoms with E-state index in [1.54, 1.807) is 19.3 Å². The van der Waals surface area contributed by atoms with Crippen LogP contribution in [0.4, 0.5) is 0 Å². The molecule has 0 aliphatic rings. The van der Waals surface area contributed by atoms with Gasteiger partial charge in [-0.2, -0.15) is 0 Å².